The Labute approximate surface area is 142 Å². The maximum Gasteiger partial charge on any atom is 0.311 e. The molecule has 0 bridgehead atoms. The van der Waals surface area contributed by atoms with Gasteiger partial charge in [-0.25, -0.2) is 8.42 Å². The Bertz CT molecular complexity index is 690. The lowest BCUT2D eigenvalue weighted by Gasteiger charge is -2.39. The van der Waals surface area contributed by atoms with Crippen LogP contribution in [0.5, 0.6) is 5.75 Å². The molecule has 0 radical (unpaired) electrons. The molecule has 24 heavy (non-hydrogen) atoms. The third-order valence-corrected chi connectivity index (χ3v) is 6.35. The van der Waals surface area contributed by atoms with Gasteiger partial charge in [0.1, 0.15) is 10.6 Å². The number of rotatable bonds is 7. The molecule has 1 fully saturated rings. The average Bonchev–Trinajstić information content (AvgIpc) is 2.60. The van der Waals surface area contributed by atoms with Crippen LogP contribution >= 0.6 is 0 Å². The van der Waals surface area contributed by atoms with Crippen LogP contribution in [0.15, 0.2) is 29.2 Å². The summed E-state index contributed by atoms with van der Waals surface area (Å²) in [6.07, 6.45) is 1.20. The fraction of sp³-hybridized carbons (Fsp3) is 0.562. The van der Waals surface area contributed by atoms with Crippen molar-refractivity contribution in [1.82, 2.24) is 4.31 Å². The van der Waals surface area contributed by atoms with Crippen LogP contribution < -0.4 is 4.74 Å². The highest BCUT2D eigenvalue weighted by Crippen LogP contribution is 2.37. The summed E-state index contributed by atoms with van der Waals surface area (Å²) in [5.74, 6) is -0.736. The number of carboxylic acid groups (broad SMARTS) is 1. The molecule has 1 N–H and O–H groups in total. The Morgan fingerprint density at radius 1 is 1.33 bits per heavy atom. The van der Waals surface area contributed by atoms with E-state index in [0.29, 0.717) is 19.4 Å². The van der Waals surface area contributed by atoms with Crippen molar-refractivity contribution in [3.63, 3.8) is 0 Å². The molecule has 2 rings (SSSR count). The Hall–Kier alpha value is -1.64. The summed E-state index contributed by atoms with van der Waals surface area (Å²) in [7, 11) is -0.921. The number of hydrogen-bond acceptors (Lipinski definition) is 5. The number of nitrogens with zero attached hydrogens (tertiary/aromatic N) is 1. The predicted octanol–water partition coefficient (Wildman–Crippen LogP) is 1.59. The number of carboxylic acids is 1. The van der Waals surface area contributed by atoms with Gasteiger partial charge in [0.05, 0.1) is 12.5 Å². The van der Waals surface area contributed by atoms with Gasteiger partial charge in [-0.3, -0.25) is 4.79 Å². The van der Waals surface area contributed by atoms with Crippen LogP contribution in [-0.4, -0.2) is 57.7 Å². The minimum absolute atomic E-state index is 0.0560. The van der Waals surface area contributed by atoms with Crippen molar-refractivity contribution < 1.29 is 27.8 Å². The number of benzene rings is 1. The lowest BCUT2D eigenvalue weighted by atomic mass is 9.78. The van der Waals surface area contributed by atoms with Crippen LogP contribution in [0.3, 0.4) is 0 Å². The smallest absolute Gasteiger partial charge is 0.311 e. The van der Waals surface area contributed by atoms with Crippen molar-refractivity contribution in [2.75, 3.05) is 33.9 Å². The van der Waals surface area contributed by atoms with Crippen LogP contribution in [0.2, 0.25) is 0 Å². The van der Waals surface area contributed by atoms with Gasteiger partial charge in [-0.1, -0.05) is 12.1 Å². The largest absolute Gasteiger partial charge is 0.495 e. The summed E-state index contributed by atoms with van der Waals surface area (Å²) in [4.78, 5) is 11.9. The van der Waals surface area contributed by atoms with E-state index in [4.69, 9.17) is 9.47 Å². The summed E-state index contributed by atoms with van der Waals surface area (Å²) < 4.78 is 37.3. The van der Waals surface area contributed by atoms with E-state index in [1.54, 1.807) is 18.2 Å². The summed E-state index contributed by atoms with van der Waals surface area (Å²) in [5, 5.41) is 9.67. The molecule has 1 aliphatic rings. The van der Waals surface area contributed by atoms with Crippen molar-refractivity contribution in [2.24, 2.45) is 5.41 Å². The molecule has 0 aliphatic carbocycles. The molecule has 8 heteroatoms. The molecule has 1 atom stereocenters. The zero-order valence-corrected chi connectivity index (χ0v) is 14.7. The highest BCUT2D eigenvalue weighted by Gasteiger charge is 2.45. The van der Waals surface area contributed by atoms with Crippen LogP contribution in [0.25, 0.3) is 0 Å². The number of carbonyl (C=O) groups is 1. The molecule has 0 unspecified atom stereocenters. The van der Waals surface area contributed by atoms with Crippen molar-refractivity contribution >= 4 is 16.0 Å². The van der Waals surface area contributed by atoms with Crippen molar-refractivity contribution in [1.29, 1.82) is 0 Å². The van der Waals surface area contributed by atoms with Gasteiger partial charge in [-0.05, 0) is 31.4 Å². The van der Waals surface area contributed by atoms with Gasteiger partial charge < -0.3 is 14.6 Å². The molecule has 1 aromatic carbocycles. The van der Waals surface area contributed by atoms with Crippen LogP contribution in [0.1, 0.15) is 19.3 Å². The molecule has 1 aromatic rings. The lowest BCUT2D eigenvalue weighted by Crippen LogP contribution is -2.50. The molecule has 0 aromatic heterocycles. The van der Waals surface area contributed by atoms with Gasteiger partial charge >= 0.3 is 5.97 Å². The zero-order valence-electron chi connectivity index (χ0n) is 13.9. The molecule has 7 nitrogen and oxygen atoms in total. The number of aliphatic carboxylic acids is 1. The molecule has 1 aliphatic heterocycles. The van der Waals surface area contributed by atoms with Gasteiger partial charge in [-0.15, -0.1) is 0 Å². The standard InChI is InChI=1S/C16H23NO6S/c1-22-11-9-16(15(18)19)8-5-10-17(12-16)24(20,21)14-7-4-3-6-13(14)23-2/h3-4,6-7H,5,8-12H2,1-2H3,(H,18,19)/t16-/m1/s1. The summed E-state index contributed by atoms with van der Waals surface area (Å²) in [5.41, 5.74) is -1.12. The monoisotopic (exact) mass is 357 g/mol. The minimum atomic E-state index is -3.83. The fourth-order valence-electron chi connectivity index (χ4n) is 3.05. The molecule has 0 spiro atoms. The quantitative estimate of drug-likeness (QED) is 0.796. The first kappa shape index (κ1) is 18.7. The van der Waals surface area contributed by atoms with E-state index >= 15 is 0 Å². The first-order chi connectivity index (χ1) is 11.4. The van der Waals surface area contributed by atoms with E-state index in [0.717, 1.165) is 0 Å². The van der Waals surface area contributed by atoms with Crippen molar-refractivity contribution in [3.8, 4) is 5.75 Å². The third-order valence-electron chi connectivity index (χ3n) is 4.47. The average molecular weight is 357 g/mol. The van der Waals surface area contributed by atoms with Crippen LogP contribution in [0, 0.1) is 5.41 Å². The first-order valence-electron chi connectivity index (χ1n) is 7.73. The number of piperidine rings is 1. The normalized spacial score (nSPS) is 22.2. The van der Waals surface area contributed by atoms with Gasteiger partial charge in [0.15, 0.2) is 0 Å². The third kappa shape index (κ3) is 3.55. The van der Waals surface area contributed by atoms with Crippen LogP contribution in [-0.2, 0) is 19.6 Å². The van der Waals surface area contributed by atoms with E-state index < -0.39 is 21.4 Å². The van der Waals surface area contributed by atoms with Gasteiger partial charge in [0.25, 0.3) is 0 Å². The lowest BCUT2D eigenvalue weighted by molar-refractivity contribution is -0.152. The highest BCUT2D eigenvalue weighted by atomic mass is 32.2. The molecular weight excluding hydrogens is 334 g/mol. The second kappa shape index (κ2) is 7.50. The molecule has 0 saturated carbocycles. The van der Waals surface area contributed by atoms with E-state index in [9.17, 15) is 18.3 Å². The van der Waals surface area contributed by atoms with Gasteiger partial charge in [0.2, 0.25) is 10.0 Å². The number of methoxy groups -OCH3 is 2. The van der Waals surface area contributed by atoms with Crippen molar-refractivity contribution in [3.05, 3.63) is 24.3 Å². The van der Waals surface area contributed by atoms with E-state index in [1.807, 2.05) is 0 Å². The molecule has 1 saturated heterocycles. The maximum absolute atomic E-state index is 13.0. The Morgan fingerprint density at radius 2 is 2.04 bits per heavy atom. The topological polar surface area (TPSA) is 93.1 Å². The number of hydrogen-bond donors (Lipinski definition) is 1. The second-order valence-corrected chi connectivity index (χ2v) is 7.83. The van der Waals surface area contributed by atoms with Crippen LogP contribution in [0.4, 0.5) is 0 Å². The minimum Gasteiger partial charge on any atom is -0.495 e. The predicted molar refractivity (Wildman–Crippen MR) is 87.5 cm³/mol. The fourth-order valence-corrected chi connectivity index (χ4v) is 4.77. The summed E-state index contributed by atoms with van der Waals surface area (Å²) >= 11 is 0. The van der Waals surface area contributed by atoms with Gasteiger partial charge in [-0.2, -0.15) is 4.31 Å². The zero-order chi connectivity index (χ0) is 17.8. The summed E-state index contributed by atoms with van der Waals surface area (Å²) in [6.45, 7) is 0.503. The van der Waals surface area contributed by atoms with E-state index in [1.165, 1.54) is 24.6 Å². The molecule has 0 amide bonds. The second-order valence-electron chi connectivity index (χ2n) is 5.92. The SMILES string of the molecule is COCC[C@]1(C(=O)O)CCCN(S(=O)(=O)c2ccccc2OC)C1. The maximum atomic E-state index is 13.0. The Morgan fingerprint density at radius 3 is 2.67 bits per heavy atom. The first-order valence-corrected chi connectivity index (χ1v) is 9.17. The molecule has 1 heterocycles. The van der Waals surface area contributed by atoms with Gasteiger partial charge in [0, 0.05) is 26.8 Å². The van der Waals surface area contributed by atoms with Crippen molar-refractivity contribution in [2.45, 2.75) is 24.2 Å². The highest BCUT2D eigenvalue weighted by molar-refractivity contribution is 7.89. The Balaban J connectivity index is 2.35. The number of ether oxygens (including phenoxy) is 2. The van der Waals surface area contributed by atoms with E-state index in [-0.39, 0.29) is 30.2 Å². The molecular formula is C16H23NO6S. The molecule has 134 valence electrons. The number of sulfonamides is 1. The summed E-state index contributed by atoms with van der Waals surface area (Å²) in [6, 6.07) is 6.36. The Kier molecular flexibility index (Phi) is 5.84. The number of para-hydroxylation sites is 1. The van der Waals surface area contributed by atoms with E-state index in [2.05, 4.69) is 0 Å².